The Labute approximate surface area is 203 Å². The van der Waals surface area contributed by atoms with Crippen LogP contribution in [0.5, 0.6) is 11.5 Å². The number of esters is 1. The predicted molar refractivity (Wildman–Crippen MR) is 134 cm³/mol. The Morgan fingerprint density at radius 2 is 1.60 bits per heavy atom. The monoisotopic (exact) mass is 470 g/mol. The fourth-order valence-corrected chi connectivity index (χ4v) is 3.80. The lowest BCUT2D eigenvalue weighted by Gasteiger charge is -2.15. The van der Waals surface area contributed by atoms with Crippen molar-refractivity contribution >= 4 is 22.8 Å². The van der Waals surface area contributed by atoms with Gasteiger partial charge in [-0.2, -0.15) is 0 Å². The average Bonchev–Trinajstić information content (AvgIpc) is 2.91. The first kappa shape index (κ1) is 23.8. The van der Waals surface area contributed by atoms with Crippen LogP contribution in [0.4, 0.5) is 0 Å². The van der Waals surface area contributed by atoms with Crippen molar-refractivity contribution in [2.75, 3.05) is 20.8 Å². The van der Waals surface area contributed by atoms with Crippen LogP contribution in [0.2, 0.25) is 0 Å². The number of amides is 1. The molecule has 4 aromatic rings. The number of methoxy groups -OCH3 is 2. The van der Waals surface area contributed by atoms with Crippen LogP contribution in [-0.4, -0.2) is 37.7 Å². The summed E-state index contributed by atoms with van der Waals surface area (Å²) in [4.78, 5) is 30.2. The Balaban J connectivity index is 1.56. The van der Waals surface area contributed by atoms with Crippen molar-refractivity contribution in [1.82, 2.24) is 10.3 Å². The number of para-hydroxylation sites is 1. The van der Waals surface area contributed by atoms with Gasteiger partial charge >= 0.3 is 5.97 Å². The van der Waals surface area contributed by atoms with Crippen LogP contribution in [0.15, 0.2) is 78.9 Å². The van der Waals surface area contributed by atoms with Crippen LogP contribution in [0.1, 0.15) is 28.9 Å². The number of hydrogen-bond acceptors (Lipinski definition) is 6. The Kier molecular flexibility index (Phi) is 7.26. The number of aromatic nitrogens is 1. The van der Waals surface area contributed by atoms with Gasteiger partial charge in [0.1, 0.15) is 0 Å². The molecule has 1 aromatic heterocycles. The molecule has 0 aliphatic heterocycles. The van der Waals surface area contributed by atoms with Crippen LogP contribution in [0, 0.1) is 0 Å². The first-order valence-corrected chi connectivity index (χ1v) is 11.1. The molecular weight excluding hydrogens is 444 g/mol. The number of fused-ring (bicyclic) bond motifs is 1. The molecule has 178 valence electrons. The molecule has 7 heteroatoms. The molecule has 0 saturated heterocycles. The number of ether oxygens (including phenoxy) is 3. The minimum Gasteiger partial charge on any atom is -0.493 e. The first-order chi connectivity index (χ1) is 17.0. The fraction of sp³-hybridized carbons (Fsp3) is 0.179. The van der Waals surface area contributed by atoms with E-state index in [1.165, 1.54) is 0 Å². The highest BCUT2D eigenvalue weighted by Gasteiger charge is 2.18. The van der Waals surface area contributed by atoms with Gasteiger partial charge < -0.3 is 19.5 Å². The third kappa shape index (κ3) is 5.41. The van der Waals surface area contributed by atoms with E-state index in [0.29, 0.717) is 33.7 Å². The lowest BCUT2D eigenvalue weighted by molar-refractivity contribution is -0.124. The third-order valence-corrected chi connectivity index (χ3v) is 5.63. The number of pyridine rings is 1. The second-order valence-corrected chi connectivity index (χ2v) is 7.92. The van der Waals surface area contributed by atoms with Gasteiger partial charge in [-0.05, 0) is 42.8 Å². The lowest BCUT2D eigenvalue weighted by atomic mass is 10.0. The van der Waals surface area contributed by atoms with Crippen LogP contribution in [0.25, 0.3) is 22.2 Å². The average molecular weight is 471 g/mol. The SMILES string of the molecule is COc1ccc(-c2cc(C(=O)OCC(=O)NC(C)c3ccccc3)c3ccccc3n2)cc1OC. The number of carbonyl (C=O) groups is 2. The van der Waals surface area contributed by atoms with Gasteiger partial charge in [-0.3, -0.25) is 4.79 Å². The van der Waals surface area contributed by atoms with E-state index in [4.69, 9.17) is 19.2 Å². The summed E-state index contributed by atoms with van der Waals surface area (Å²) in [5.74, 6) is 0.154. The van der Waals surface area contributed by atoms with Gasteiger partial charge in [0.25, 0.3) is 5.91 Å². The molecule has 0 saturated carbocycles. The van der Waals surface area contributed by atoms with E-state index in [-0.39, 0.29) is 11.9 Å². The van der Waals surface area contributed by atoms with Crippen molar-refractivity contribution in [2.45, 2.75) is 13.0 Å². The van der Waals surface area contributed by atoms with Gasteiger partial charge in [-0.1, -0.05) is 48.5 Å². The molecular formula is C28H26N2O5. The van der Waals surface area contributed by atoms with Gasteiger partial charge in [-0.15, -0.1) is 0 Å². The van der Waals surface area contributed by atoms with Crippen molar-refractivity contribution in [2.24, 2.45) is 0 Å². The van der Waals surface area contributed by atoms with Crippen LogP contribution >= 0.6 is 0 Å². The maximum Gasteiger partial charge on any atom is 0.339 e. The van der Waals surface area contributed by atoms with E-state index in [9.17, 15) is 9.59 Å². The molecule has 0 fully saturated rings. The summed E-state index contributed by atoms with van der Waals surface area (Å²) in [5.41, 5.74) is 3.24. The highest BCUT2D eigenvalue weighted by Crippen LogP contribution is 2.33. The molecule has 0 radical (unpaired) electrons. The second-order valence-electron chi connectivity index (χ2n) is 7.92. The summed E-state index contributed by atoms with van der Waals surface area (Å²) in [5, 5.41) is 3.49. The topological polar surface area (TPSA) is 86.8 Å². The zero-order chi connectivity index (χ0) is 24.8. The van der Waals surface area contributed by atoms with Crippen molar-refractivity contribution in [3.63, 3.8) is 0 Å². The lowest BCUT2D eigenvalue weighted by Crippen LogP contribution is -2.31. The molecule has 0 aliphatic carbocycles. The fourth-order valence-electron chi connectivity index (χ4n) is 3.80. The predicted octanol–water partition coefficient (Wildman–Crippen LogP) is 4.95. The molecule has 0 bridgehead atoms. The molecule has 1 amide bonds. The van der Waals surface area contributed by atoms with Crippen molar-refractivity contribution < 1.29 is 23.8 Å². The zero-order valence-electron chi connectivity index (χ0n) is 19.8. The minimum absolute atomic E-state index is 0.208. The first-order valence-electron chi connectivity index (χ1n) is 11.1. The molecule has 7 nitrogen and oxygen atoms in total. The van der Waals surface area contributed by atoms with Crippen molar-refractivity contribution in [3.05, 3.63) is 90.0 Å². The van der Waals surface area contributed by atoms with Crippen LogP contribution in [-0.2, 0) is 9.53 Å². The number of hydrogen-bond donors (Lipinski definition) is 1. The molecule has 1 heterocycles. The molecule has 0 aliphatic rings. The Hall–Kier alpha value is -4.39. The van der Waals surface area contributed by atoms with Crippen LogP contribution in [0.3, 0.4) is 0 Å². The summed E-state index contributed by atoms with van der Waals surface area (Å²) in [7, 11) is 3.12. The van der Waals surface area contributed by atoms with Gasteiger partial charge in [0.05, 0.1) is 37.0 Å². The molecule has 4 rings (SSSR count). The maximum atomic E-state index is 13.1. The number of benzene rings is 3. The smallest absolute Gasteiger partial charge is 0.339 e. The Morgan fingerprint density at radius 3 is 2.34 bits per heavy atom. The molecule has 1 atom stereocenters. The van der Waals surface area contributed by atoms with E-state index in [2.05, 4.69) is 5.32 Å². The van der Waals surface area contributed by atoms with E-state index in [1.54, 1.807) is 38.5 Å². The molecule has 0 spiro atoms. The highest BCUT2D eigenvalue weighted by atomic mass is 16.5. The summed E-state index contributed by atoms with van der Waals surface area (Å²) in [6.07, 6.45) is 0. The summed E-state index contributed by atoms with van der Waals surface area (Å²) in [6.45, 7) is 1.49. The molecule has 1 unspecified atom stereocenters. The Morgan fingerprint density at radius 1 is 0.886 bits per heavy atom. The standard InChI is InChI=1S/C28H26N2O5/c1-18(19-9-5-4-6-10-19)29-27(31)17-35-28(32)22-16-24(30-23-12-8-7-11-21(22)23)20-13-14-25(33-2)26(15-20)34-3/h4-16,18H,17H2,1-3H3,(H,29,31). The molecule has 3 aromatic carbocycles. The van der Waals surface area contributed by atoms with Gasteiger partial charge in [0.15, 0.2) is 18.1 Å². The number of carbonyl (C=O) groups excluding carboxylic acids is 2. The summed E-state index contributed by atoms with van der Waals surface area (Å²) >= 11 is 0. The highest BCUT2D eigenvalue weighted by molar-refractivity contribution is 6.05. The van der Waals surface area contributed by atoms with Crippen molar-refractivity contribution in [3.8, 4) is 22.8 Å². The minimum atomic E-state index is -0.604. The van der Waals surface area contributed by atoms with E-state index < -0.39 is 12.6 Å². The van der Waals surface area contributed by atoms with Gasteiger partial charge in [-0.25, -0.2) is 9.78 Å². The largest absolute Gasteiger partial charge is 0.493 e. The summed E-state index contributed by atoms with van der Waals surface area (Å²) in [6, 6.07) is 23.7. The number of rotatable bonds is 8. The maximum absolute atomic E-state index is 13.1. The van der Waals surface area contributed by atoms with Crippen LogP contribution < -0.4 is 14.8 Å². The number of nitrogens with one attached hydrogen (secondary N) is 1. The molecule has 1 N–H and O–H groups in total. The van der Waals surface area contributed by atoms with Gasteiger partial charge in [0, 0.05) is 10.9 Å². The zero-order valence-corrected chi connectivity index (χ0v) is 19.8. The third-order valence-electron chi connectivity index (χ3n) is 5.63. The quantitative estimate of drug-likeness (QED) is 0.367. The van der Waals surface area contributed by atoms with Gasteiger partial charge in [0.2, 0.25) is 0 Å². The normalized spacial score (nSPS) is 11.5. The van der Waals surface area contributed by atoms with E-state index in [1.807, 2.05) is 61.5 Å². The van der Waals surface area contributed by atoms with Crippen molar-refractivity contribution in [1.29, 1.82) is 0 Å². The summed E-state index contributed by atoms with van der Waals surface area (Å²) < 4.78 is 16.1. The molecule has 35 heavy (non-hydrogen) atoms. The second kappa shape index (κ2) is 10.7. The van der Waals surface area contributed by atoms with E-state index >= 15 is 0 Å². The van der Waals surface area contributed by atoms with E-state index in [0.717, 1.165) is 11.1 Å². The Bertz CT molecular complexity index is 1350. The number of nitrogens with zero attached hydrogens (tertiary/aromatic N) is 1.